The number of aryl methyl sites for hydroxylation is 1. The van der Waals surface area contributed by atoms with Gasteiger partial charge in [0.25, 0.3) is 0 Å². The molecule has 5 nitrogen and oxygen atoms in total. The van der Waals surface area contributed by atoms with Crippen molar-refractivity contribution in [2.75, 3.05) is 13.1 Å². The fourth-order valence-electron chi connectivity index (χ4n) is 3.12. The molecule has 2 aromatic carbocycles. The fraction of sp³-hybridized carbons (Fsp3) is 0.333. The summed E-state index contributed by atoms with van der Waals surface area (Å²) in [7, 11) is -3.63. The maximum absolute atomic E-state index is 12.8. The van der Waals surface area contributed by atoms with E-state index >= 15 is 0 Å². The Labute approximate surface area is 153 Å². The number of rotatable bonds is 3. The predicted octanol–water partition coefficient (Wildman–Crippen LogP) is 2.26. The normalized spacial score (nSPS) is 25.0. The van der Waals surface area contributed by atoms with E-state index in [2.05, 4.69) is 0 Å². The molecule has 0 bridgehead atoms. The Morgan fingerprint density at radius 3 is 2.32 bits per heavy atom. The zero-order valence-electron chi connectivity index (χ0n) is 13.9. The molecule has 0 unspecified atom stereocenters. The molecule has 0 radical (unpaired) electrons. The Balaban J connectivity index is 1.83. The highest BCUT2D eigenvalue weighted by molar-refractivity contribution is 7.89. The lowest BCUT2D eigenvalue weighted by Gasteiger charge is -2.42. The van der Waals surface area contributed by atoms with Crippen LogP contribution in [0.2, 0.25) is 5.02 Å². The number of sulfonamides is 1. The Bertz CT molecular complexity index is 853. The predicted molar refractivity (Wildman–Crippen MR) is 97.9 cm³/mol. The van der Waals surface area contributed by atoms with Crippen molar-refractivity contribution < 1.29 is 13.5 Å². The van der Waals surface area contributed by atoms with Gasteiger partial charge in [-0.3, -0.25) is 0 Å². The Hall–Kier alpha value is -1.44. The molecular formula is C18H21ClN2O3S. The molecule has 7 heteroatoms. The summed E-state index contributed by atoms with van der Waals surface area (Å²) >= 11 is 5.89. The van der Waals surface area contributed by atoms with Gasteiger partial charge in [-0.05, 0) is 43.2 Å². The SMILES string of the molecule is Cc1ccc(S(=O)(=O)N2CC[C@@](O)(c3ccc(Cl)cc3)[C@@H](N)C2)cc1. The highest BCUT2D eigenvalue weighted by Gasteiger charge is 2.44. The maximum atomic E-state index is 12.8. The van der Waals surface area contributed by atoms with E-state index in [0.717, 1.165) is 5.56 Å². The summed E-state index contributed by atoms with van der Waals surface area (Å²) in [6.07, 6.45) is 0.223. The summed E-state index contributed by atoms with van der Waals surface area (Å²) in [5.41, 5.74) is 6.55. The van der Waals surface area contributed by atoms with Crippen LogP contribution in [0.25, 0.3) is 0 Å². The van der Waals surface area contributed by atoms with E-state index in [4.69, 9.17) is 17.3 Å². The minimum absolute atomic E-state index is 0.0509. The molecule has 1 aliphatic rings. The quantitative estimate of drug-likeness (QED) is 0.855. The molecule has 0 saturated carbocycles. The van der Waals surface area contributed by atoms with Crippen LogP contribution in [0.3, 0.4) is 0 Å². The molecule has 1 heterocycles. The van der Waals surface area contributed by atoms with E-state index in [1.165, 1.54) is 4.31 Å². The first-order chi connectivity index (χ1) is 11.7. The van der Waals surface area contributed by atoms with Gasteiger partial charge in [-0.2, -0.15) is 4.31 Å². The fourth-order valence-corrected chi connectivity index (χ4v) is 4.71. The lowest BCUT2D eigenvalue weighted by Crippen LogP contribution is -2.58. The van der Waals surface area contributed by atoms with Crippen LogP contribution in [0, 0.1) is 6.92 Å². The molecule has 0 aliphatic carbocycles. The van der Waals surface area contributed by atoms with Crippen LogP contribution >= 0.6 is 11.6 Å². The van der Waals surface area contributed by atoms with E-state index in [0.29, 0.717) is 10.6 Å². The van der Waals surface area contributed by atoms with E-state index in [-0.39, 0.29) is 24.4 Å². The summed E-state index contributed by atoms with van der Waals surface area (Å²) < 4.78 is 27.0. The second kappa shape index (κ2) is 6.70. The van der Waals surface area contributed by atoms with E-state index < -0.39 is 21.7 Å². The Kier molecular flexibility index (Phi) is 4.92. The van der Waals surface area contributed by atoms with Crippen molar-refractivity contribution in [3.8, 4) is 0 Å². The first-order valence-corrected chi connectivity index (χ1v) is 9.86. The molecule has 3 rings (SSSR count). The molecule has 2 atom stereocenters. The summed E-state index contributed by atoms with van der Waals surface area (Å²) in [5.74, 6) is 0. The average Bonchev–Trinajstić information content (AvgIpc) is 2.58. The van der Waals surface area contributed by atoms with Crippen molar-refractivity contribution in [3.63, 3.8) is 0 Å². The maximum Gasteiger partial charge on any atom is 0.243 e. The van der Waals surface area contributed by atoms with Crippen LogP contribution in [-0.2, 0) is 15.6 Å². The molecule has 0 spiro atoms. The number of nitrogens with zero attached hydrogens (tertiary/aromatic N) is 1. The monoisotopic (exact) mass is 380 g/mol. The van der Waals surface area contributed by atoms with E-state index in [1.807, 2.05) is 6.92 Å². The summed E-state index contributed by atoms with van der Waals surface area (Å²) in [6.45, 7) is 2.15. The van der Waals surface area contributed by atoms with Gasteiger partial charge in [0.1, 0.15) is 5.60 Å². The van der Waals surface area contributed by atoms with Gasteiger partial charge in [-0.25, -0.2) is 8.42 Å². The molecule has 3 N–H and O–H groups in total. The van der Waals surface area contributed by atoms with Crippen LogP contribution in [-0.4, -0.2) is 37.0 Å². The first kappa shape index (κ1) is 18.4. The van der Waals surface area contributed by atoms with Crippen molar-refractivity contribution in [3.05, 3.63) is 64.7 Å². The highest BCUT2D eigenvalue weighted by Crippen LogP contribution is 2.34. The third-order valence-corrected chi connectivity index (χ3v) is 6.89. The first-order valence-electron chi connectivity index (χ1n) is 8.04. The van der Waals surface area contributed by atoms with E-state index in [1.54, 1.807) is 48.5 Å². The molecule has 134 valence electrons. The number of nitrogens with two attached hydrogens (primary N) is 1. The molecule has 0 aromatic heterocycles. The molecule has 0 amide bonds. The summed E-state index contributed by atoms with van der Waals surface area (Å²) in [4.78, 5) is 0.238. The average molecular weight is 381 g/mol. The van der Waals surface area contributed by atoms with Crippen molar-refractivity contribution in [2.24, 2.45) is 5.73 Å². The van der Waals surface area contributed by atoms with Gasteiger partial charge in [0.05, 0.1) is 10.9 Å². The Morgan fingerprint density at radius 2 is 1.76 bits per heavy atom. The number of hydrogen-bond donors (Lipinski definition) is 2. The van der Waals surface area contributed by atoms with Crippen LogP contribution < -0.4 is 5.73 Å². The van der Waals surface area contributed by atoms with Crippen LogP contribution in [0.4, 0.5) is 0 Å². The van der Waals surface area contributed by atoms with Crippen LogP contribution in [0.15, 0.2) is 53.4 Å². The minimum atomic E-state index is -3.63. The summed E-state index contributed by atoms with van der Waals surface area (Å²) in [6, 6.07) is 12.8. The zero-order chi connectivity index (χ0) is 18.2. The molecule has 2 aromatic rings. The highest BCUT2D eigenvalue weighted by atomic mass is 35.5. The second-order valence-corrected chi connectivity index (χ2v) is 8.84. The molecule has 1 aliphatic heterocycles. The second-order valence-electron chi connectivity index (χ2n) is 6.46. The number of halogens is 1. The third-order valence-electron chi connectivity index (χ3n) is 4.76. The summed E-state index contributed by atoms with van der Waals surface area (Å²) in [5, 5.41) is 11.6. The number of hydrogen-bond acceptors (Lipinski definition) is 4. The molecule has 1 fully saturated rings. The minimum Gasteiger partial charge on any atom is -0.383 e. The van der Waals surface area contributed by atoms with Crippen molar-refractivity contribution in [2.45, 2.75) is 29.9 Å². The van der Waals surface area contributed by atoms with Crippen LogP contribution in [0.1, 0.15) is 17.5 Å². The lowest BCUT2D eigenvalue weighted by molar-refractivity contribution is -0.0281. The number of piperidine rings is 1. The smallest absolute Gasteiger partial charge is 0.243 e. The Morgan fingerprint density at radius 1 is 1.16 bits per heavy atom. The van der Waals surface area contributed by atoms with Gasteiger partial charge in [-0.1, -0.05) is 41.4 Å². The standard InChI is InChI=1S/C18H21ClN2O3S/c1-13-2-8-16(9-3-13)25(23,24)21-11-10-18(22,17(20)12-21)14-4-6-15(19)7-5-14/h2-9,17,22H,10-12,20H2,1H3/t17-,18+/m0/s1. The zero-order valence-corrected chi connectivity index (χ0v) is 15.5. The van der Waals surface area contributed by atoms with E-state index in [9.17, 15) is 13.5 Å². The lowest BCUT2D eigenvalue weighted by atomic mass is 9.81. The van der Waals surface area contributed by atoms with Crippen LogP contribution in [0.5, 0.6) is 0 Å². The molecule has 1 saturated heterocycles. The molecular weight excluding hydrogens is 360 g/mol. The van der Waals surface area contributed by atoms with Gasteiger partial charge in [0.15, 0.2) is 0 Å². The largest absolute Gasteiger partial charge is 0.383 e. The van der Waals surface area contributed by atoms with Crippen molar-refractivity contribution in [1.29, 1.82) is 0 Å². The van der Waals surface area contributed by atoms with Gasteiger partial charge in [0.2, 0.25) is 10.0 Å². The number of aliphatic hydroxyl groups is 1. The van der Waals surface area contributed by atoms with Crippen molar-refractivity contribution >= 4 is 21.6 Å². The molecule has 25 heavy (non-hydrogen) atoms. The van der Waals surface area contributed by atoms with Gasteiger partial charge in [-0.15, -0.1) is 0 Å². The van der Waals surface area contributed by atoms with Gasteiger partial charge in [0, 0.05) is 18.1 Å². The topological polar surface area (TPSA) is 83.6 Å². The number of benzene rings is 2. The van der Waals surface area contributed by atoms with Gasteiger partial charge >= 0.3 is 0 Å². The third kappa shape index (κ3) is 3.45. The van der Waals surface area contributed by atoms with Gasteiger partial charge < -0.3 is 10.8 Å². The van der Waals surface area contributed by atoms with Crippen molar-refractivity contribution in [1.82, 2.24) is 4.31 Å².